The molecule has 23 heavy (non-hydrogen) atoms. The zero-order valence-electron chi connectivity index (χ0n) is 12.9. The Kier molecular flexibility index (Phi) is 5.85. The van der Waals surface area contributed by atoms with Crippen molar-refractivity contribution in [2.75, 3.05) is 6.61 Å². The molecule has 0 unspecified atom stereocenters. The maximum absolute atomic E-state index is 11.9. The zero-order chi connectivity index (χ0) is 16.7. The van der Waals surface area contributed by atoms with Crippen LogP contribution in [0.25, 0.3) is 11.4 Å². The van der Waals surface area contributed by atoms with Gasteiger partial charge in [-0.05, 0) is 30.7 Å². The smallest absolute Gasteiger partial charge is 0.303 e. The van der Waals surface area contributed by atoms with Crippen LogP contribution in [0.1, 0.15) is 31.9 Å². The van der Waals surface area contributed by atoms with Gasteiger partial charge in [0, 0.05) is 12.0 Å². The number of unbranched alkanes of at least 4 members (excludes halogenated alkanes) is 1. The Hall–Kier alpha value is -2.70. The third-order valence-electron chi connectivity index (χ3n) is 3.23. The second kappa shape index (κ2) is 8.07. The summed E-state index contributed by atoms with van der Waals surface area (Å²) >= 11 is 0. The first kappa shape index (κ1) is 16.7. The number of hydrogen-bond acceptors (Lipinski definition) is 5. The SMILES string of the molecule is CCCCOc1ccc(-c2nnc(CCC(=O)O)c(=O)[nH]2)cc1. The normalized spacial score (nSPS) is 10.5. The molecule has 0 spiro atoms. The lowest BCUT2D eigenvalue weighted by Crippen LogP contribution is -2.18. The predicted molar refractivity (Wildman–Crippen MR) is 84.4 cm³/mol. The topological polar surface area (TPSA) is 105 Å². The first-order valence-electron chi connectivity index (χ1n) is 7.51. The van der Waals surface area contributed by atoms with Crippen LogP contribution in [-0.2, 0) is 11.2 Å². The van der Waals surface area contributed by atoms with Gasteiger partial charge in [0.2, 0.25) is 0 Å². The van der Waals surface area contributed by atoms with Crippen LogP contribution < -0.4 is 10.3 Å². The summed E-state index contributed by atoms with van der Waals surface area (Å²) in [4.78, 5) is 25.0. The van der Waals surface area contributed by atoms with Crippen molar-refractivity contribution in [2.24, 2.45) is 0 Å². The molecule has 0 aliphatic carbocycles. The Morgan fingerprint density at radius 3 is 2.61 bits per heavy atom. The second-order valence-electron chi connectivity index (χ2n) is 5.07. The molecule has 1 heterocycles. The number of carboxylic acids is 1. The van der Waals surface area contributed by atoms with E-state index in [1.807, 2.05) is 12.1 Å². The zero-order valence-corrected chi connectivity index (χ0v) is 12.9. The third kappa shape index (κ3) is 4.91. The van der Waals surface area contributed by atoms with Gasteiger partial charge in [0.15, 0.2) is 5.82 Å². The van der Waals surface area contributed by atoms with Gasteiger partial charge < -0.3 is 14.8 Å². The molecule has 2 N–H and O–H groups in total. The number of carbonyl (C=O) groups is 1. The van der Waals surface area contributed by atoms with Gasteiger partial charge in [0.1, 0.15) is 11.4 Å². The minimum absolute atomic E-state index is 0.0577. The first-order chi connectivity index (χ1) is 11.1. The van der Waals surface area contributed by atoms with E-state index in [2.05, 4.69) is 22.1 Å². The maximum atomic E-state index is 11.9. The minimum Gasteiger partial charge on any atom is -0.494 e. The highest BCUT2D eigenvalue weighted by Crippen LogP contribution is 2.18. The van der Waals surface area contributed by atoms with Crippen LogP contribution in [-0.4, -0.2) is 32.9 Å². The maximum Gasteiger partial charge on any atom is 0.303 e. The Morgan fingerprint density at radius 1 is 1.26 bits per heavy atom. The number of carboxylic acid groups (broad SMARTS) is 1. The van der Waals surface area contributed by atoms with Gasteiger partial charge in [-0.25, -0.2) is 0 Å². The number of aliphatic carboxylic acids is 1. The molecule has 2 rings (SSSR count). The molecule has 0 fully saturated rings. The van der Waals surface area contributed by atoms with E-state index in [1.165, 1.54) is 0 Å². The van der Waals surface area contributed by atoms with E-state index < -0.39 is 11.5 Å². The molecule has 0 aliphatic heterocycles. The average Bonchev–Trinajstić information content (AvgIpc) is 2.54. The number of nitrogens with one attached hydrogen (secondary N) is 1. The summed E-state index contributed by atoms with van der Waals surface area (Å²) in [5, 5.41) is 16.4. The molecule has 0 aliphatic rings. The highest BCUT2D eigenvalue weighted by molar-refractivity contribution is 5.66. The van der Waals surface area contributed by atoms with Crippen LogP contribution >= 0.6 is 0 Å². The fourth-order valence-electron chi connectivity index (χ4n) is 1.92. The number of hydrogen-bond donors (Lipinski definition) is 2. The Morgan fingerprint density at radius 2 is 2.00 bits per heavy atom. The van der Waals surface area contributed by atoms with Crippen molar-refractivity contribution in [1.82, 2.24) is 15.2 Å². The molecule has 0 bridgehead atoms. The van der Waals surface area contributed by atoms with E-state index in [0.717, 1.165) is 18.6 Å². The standard InChI is InChI=1S/C16H19N3O4/c1-2-3-10-23-12-6-4-11(5-7-12)15-17-16(22)13(18-19-15)8-9-14(20)21/h4-7H,2-3,8-10H2,1H3,(H,20,21)(H,17,19,22). The number of aryl methyl sites for hydroxylation is 1. The molecule has 0 atom stereocenters. The van der Waals surface area contributed by atoms with Crippen molar-refractivity contribution >= 4 is 5.97 Å². The number of H-pyrrole nitrogens is 1. The lowest BCUT2D eigenvalue weighted by molar-refractivity contribution is -0.136. The molecule has 0 amide bonds. The van der Waals surface area contributed by atoms with Gasteiger partial charge in [0.25, 0.3) is 5.56 Å². The largest absolute Gasteiger partial charge is 0.494 e. The van der Waals surface area contributed by atoms with Crippen LogP contribution in [0.5, 0.6) is 5.75 Å². The molecule has 7 heteroatoms. The Bertz CT molecular complexity index is 710. The summed E-state index contributed by atoms with van der Waals surface area (Å²) < 4.78 is 5.57. The second-order valence-corrected chi connectivity index (χ2v) is 5.07. The summed E-state index contributed by atoms with van der Waals surface area (Å²) in [5.41, 5.74) is 0.414. The molecule has 0 radical (unpaired) electrons. The number of ether oxygens (including phenoxy) is 1. The van der Waals surface area contributed by atoms with Crippen molar-refractivity contribution in [2.45, 2.75) is 32.6 Å². The number of nitrogens with zero attached hydrogens (tertiary/aromatic N) is 2. The van der Waals surface area contributed by atoms with E-state index in [9.17, 15) is 9.59 Å². The van der Waals surface area contributed by atoms with E-state index in [-0.39, 0.29) is 18.5 Å². The van der Waals surface area contributed by atoms with Gasteiger partial charge in [-0.3, -0.25) is 9.59 Å². The van der Waals surface area contributed by atoms with Crippen LogP contribution in [0, 0.1) is 0 Å². The van der Waals surface area contributed by atoms with E-state index in [4.69, 9.17) is 9.84 Å². The van der Waals surface area contributed by atoms with E-state index in [0.29, 0.717) is 18.0 Å². The lowest BCUT2D eigenvalue weighted by atomic mass is 10.2. The molecule has 7 nitrogen and oxygen atoms in total. The highest BCUT2D eigenvalue weighted by Gasteiger charge is 2.08. The number of aromatic nitrogens is 3. The molecule has 0 saturated carbocycles. The average molecular weight is 317 g/mol. The summed E-state index contributed by atoms with van der Waals surface area (Å²) in [6.07, 6.45) is 1.98. The molecule has 2 aromatic rings. The van der Waals surface area contributed by atoms with Crippen molar-refractivity contribution in [1.29, 1.82) is 0 Å². The Labute approximate surface area is 133 Å². The lowest BCUT2D eigenvalue weighted by Gasteiger charge is -2.06. The van der Waals surface area contributed by atoms with Gasteiger partial charge in [0.05, 0.1) is 13.0 Å². The number of aromatic amines is 1. The first-order valence-corrected chi connectivity index (χ1v) is 7.51. The van der Waals surface area contributed by atoms with Crippen LogP contribution in [0.4, 0.5) is 0 Å². The molecular weight excluding hydrogens is 298 g/mol. The fourth-order valence-corrected chi connectivity index (χ4v) is 1.92. The number of benzene rings is 1. The minimum atomic E-state index is -0.978. The molecular formula is C16H19N3O4. The van der Waals surface area contributed by atoms with Crippen molar-refractivity contribution < 1.29 is 14.6 Å². The predicted octanol–water partition coefficient (Wildman–Crippen LogP) is 2.03. The van der Waals surface area contributed by atoms with Gasteiger partial charge >= 0.3 is 5.97 Å². The van der Waals surface area contributed by atoms with Gasteiger partial charge in [-0.15, -0.1) is 10.2 Å². The third-order valence-corrected chi connectivity index (χ3v) is 3.23. The van der Waals surface area contributed by atoms with Crippen molar-refractivity contribution in [3.8, 4) is 17.1 Å². The molecule has 1 aromatic heterocycles. The van der Waals surface area contributed by atoms with Gasteiger partial charge in [-0.2, -0.15) is 0 Å². The van der Waals surface area contributed by atoms with Crippen LogP contribution in [0.3, 0.4) is 0 Å². The van der Waals surface area contributed by atoms with Crippen LogP contribution in [0.2, 0.25) is 0 Å². The van der Waals surface area contributed by atoms with Gasteiger partial charge in [-0.1, -0.05) is 13.3 Å². The van der Waals surface area contributed by atoms with Crippen LogP contribution in [0.15, 0.2) is 29.1 Å². The summed E-state index contributed by atoms with van der Waals surface area (Å²) in [6.45, 7) is 2.77. The summed E-state index contributed by atoms with van der Waals surface area (Å²) in [6, 6.07) is 7.20. The fraction of sp³-hybridized carbons (Fsp3) is 0.375. The Balaban J connectivity index is 2.08. The number of rotatable bonds is 8. The molecule has 1 aromatic carbocycles. The molecule has 0 saturated heterocycles. The molecule has 122 valence electrons. The van der Waals surface area contributed by atoms with E-state index >= 15 is 0 Å². The van der Waals surface area contributed by atoms with Crippen molar-refractivity contribution in [3.05, 3.63) is 40.3 Å². The summed E-state index contributed by atoms with van der Waals surface area (Å²) in [5.74, 6) is 0.124. The quantitative estimate of drug-likeness (QED) is 0.722. The monoisotopic (exact) mass is 317 g/mol. The highest BCUT2D eigenvalue weighted by atomic mass is 16.5. The van der Waals surface area contributed by atoms with E-state index in [1.54, 1.807) is 12.1 Å². The van der Waals surface area contributed by atoms with Crippen molar-refractivity contribution in [3.63, 3.8) is 0 Å². The summed E-state index contributed by atoms with van der Waals surface area (Å²) in [7, 11) is 0.